The van der Waals surface area contributed by atoms with Gasteiger partial charge < -0.3 is 14.3 Å². The molecule has 0 saturated heterocycles. The van der Waals surface area contributed by atoms with Gasteiger partial charge in [0.05, 0.1) is 12.7 Å². The summed E-state index contributed by atoms with van der Waals surface area (Å²) in [6.07, 6.45) is 0. The van der Waals surface area contributed by atoms with Crippen LogP contribution in [0.1, 0.15) is 15.9 Å². The van der Waals surface area contributed by atoms with E-state index in [1.54, 1.807) is 30.3 Å². The highest BCUT2D eigenvalue weighted by Gasteiger charge is 2.19. The number of methoxy groups -OCH3 is 1. The van der Waals surface area contributed by atoms with Crippen LogP contribution in [0.4, 0.5) is 0 Å². The number of carbonyl (C=O) groups excluding carboxylic acids is 1. The highest BCUT2D eigenvalue weighted by Crippen LogP contribution is 2.41. The number of aryl methyl sites for hydroxylation is 1. The Hall–Kier alpha value is -3.60. The number of fused-ring (bicyclic) bond motifs is 2. The van der Waals surface area contributed by atoms with Gasteiger partial charge in [-0.2, -0.15) is 0 Å². The molecule has 0 bridgehead atoms. The van der Waals surface area contributed by atoms with Gasteiger partial charge in [0.15, 0.2) is 5.43 Å². The Labute approximate surface area is 154 Å². The number of aromatic hydroxyl groups is 1. The third-order valence-electron chi connectivity index (χ3n) is 4.59. The van der Waals surface area contributed by atoms with Gasteiger partial charge in [0.1, 0.15) is 17.1 Å². The maximum atomic E-state index is 11.8. The fourth-order valence-electron chi connectivity index (χ4n) is 3.34. The second-order valence-electron chi connectivity index (χ2n) is 6.34. The maximum absolute atomic E-state index is 11.8. The first kappa shape index (κ1) is 16.8. The van der Waals surface area contributed by atoms with Crippen LogP contribution in [0, 0.1) is 6.92 Å². The van der Waals surface area contributed by atoms with Gasteiger partial charge in [-0.1, -0.05) is 6.07 Å². The molecule has 1 N–H and O–H groups in total. The minimum atomic E-state index is -0.400. The molecule has 0 atom stereocenters. The first-order valence-electron chi connectivity index (χ1n) is 8.37. The fourth-order valence-corrected chi connectivity index (χ4v) is 3.34. The molecule has 0 radical (unpaired) electrons. The molecule has 0 amide bonds. The smallest absolute Gasteiger partial charge is 0.337 e. The van der Waals surface area contributed by atoms with E-state index in [4.69, 9.17) is 9.15 Å². The monoisotopic (exact) mass is 360 g/mol. The summed E-state index contributed by atoms with van der Waals surface area (Å²) in [6.45, 7) is 1.91. The molecule has 1 aliphatic carbocycles. The van der Waals surface area contributed by atoms with E-state index in [0.717, 1.165) is 27.6 Å². The lowest BCUT2D eigenvalue weighted by Gasteiger charge is -2.17. The summed E-state index contributed by atoms with van der Waals surface area (Å²) in [4.78, 5) is 23.6. The molecule has 27 heavy (non-hydrogen) atoms. The number of ether oxygens (including phenoxy) is 1. The van der Waals surface area contributed by atoms with Gasteiger partial charge in [0.2, 0.25) is 0 Å². The molecule has 1 heterocycles. The number of carbonyl (C=O) groups is 1. The topological polar surface area (TPSA) is 76.7 Å². The lowest BCUT2D eigenvalue weighted by molar-refractivity contribution is 0.0600. The molecule has 0 spiro atoms. The van der Waals surface area contributed by atoms with Gasteiger partial charge in [-0.25, -0.2) is 4.79 Å². The summed E-state index contributed by atoms with van der Waals surface area (Å²) >= 11 is 0. The Morgan fingerprint density at radius 3 is 2.52 bits per heavy atom. The number of phenolic OH excluding ortho intramolecular Hbond substituents is 1. The van der Waals surface area contributed by atoms with E-state index in [1.165, 1.54) is 25.3 Å². The van der Waals surface area contributed by atoms with E-state index in [1.807, 2.05) is 13.0 Å². The molecule has 2 aromatic carbocycles. The first-order chi connectivity index (χ1) is 13.0. The quantitative estimate of drug-likeness (QED) is 0.424. The lowest BCUT2D eigenvalue weighted by atomic mass is 9.90. The van der Waals surface area contributed by atoms with E-state index in [0.29, 0.717) is 16.9 Å². The zero-order chi connectivity index (χ0) is 19.1. The average molecular weight is 360 g/mol. The number of hydrogen-bond donors (Lipinski definition) is 1. The zero-order valence-corrected chi connectivity index (χ0v) is 14.8. The molecule has 4 rings (SSSR count). The summed E-state index contributed by atoms with van der Waals surface area (Å²) in [5.74, 6) is 0.114. The Bertz CT molecular complexity index is 1220. The maximum Gasteiger partial charge on any atom is 0.337 e. The van der Waals surface area contributed by atoms with Crippen LogP contribution in [0.15, 0.2) is 63.8 Å². The number of esters is 1. The SMILES string of the molecule is COC(=O)c1ccc(-c2c3ccc(=O)cc-3oc3cc(O)ccc23)c(C)c1. The first-order valence-corrected chi connectivity index (χ1v) is 8.37. The molecule has 1 aliphatic heterocycles. The molecular weight excluding hydrogens is 344 g/mol. The second-order valence-corrected chi connectivity index (χ2v) is 6.34. The predicted molar refractivity (Wildman–Crippen MR) is 102 cm³/mol. The number of rotatable bonds is 2. The van der Waals surface area contributed by atoms with E-state index in [9.17, 15) is 14.7 Å². The van der Waals surface area contributed by atoms with E-state index in [-0.39, 0.29) is 11.2 Å². The van der Waals surface area contributed by atoms with Crippen molar-refractivity contribution in [2.24, 2.45) is 0 Å². The largest absolute Gasteiger partial charge is 0.508 e. The van der Waals surface area contributed by atoms with Crippen LogP contribution in [0.25, 0.3) is 33.4 Å². The summed E-state index contributed by atoms with van der Waals surface area (Å²) in [5, 5.41) is 10.6. The molecule has 0 aromatic heterocycles. The standard InChI is InChI=1S/C22H16O5/c1-12-9-13(22(25)26-2)3-6-16(12)21-17-7-4-14(23)10-19(17)27-20-11-15(24)5-8-18(20)21/h3-11,23H,1-2H3. The highest BCUT2D eigenvalue weighted by molar-refractivity contribution is 6.03. The zero-order valence-electron chi connectivity index (χ0n) is 14.8. The average Bonchev–Trinajstić information content (AvgIpc) is 2.65. The summed E-state index contributed by atoms with van der Waals surface area (Å²) < 4.78 is 10.6. The van der Waals surface area contributed by atoms with Crippen molar-refractivity contribution in [1.29, 1.82) is 0 Å². The second kappa shape index (κ2) is 6.29. The molecule has 5 heteroatoms. The highest BCUT2D eigenvalue weighted by atomic mass is 16.5. The number of hydrogen-bond acceptors (Lipinski definition) is 5. The molecule has 2 aromatic rings. The summed E-state index contributed by atoms with van der Waals surface area (Å²) in [6, 6.07) is 14.9. The minimum absolute atomic E-state index is 0.0765. The van der Waals surface area contributed by atoms with Gasteiger partial charge >= 0.3 is 5.97 Å². The van der Waals surface area contributed by atoms with Crippen LogP contribution in [-0.2, 0) is 4.74 Å². The van der Waals surface area contributed by atoms with Crippen molar-refractivity contribution in [1.82, 2.24) is 0 Å². The normalized spacial score (nSPS) is 11.0. The van der Waals surface area contributed by atoms with Crippen LogP contribution in [0.2, 0.25) is 0 Å². The van der Waals surface area contributed by atoms with Crippen LogP contribution < -0.4 is 5.43 Å². The van der Waals surface area contributed by atoms with Crippen LogP contribution in [-0.4, -0.2) is 18.2 Å². The van der Waals surface area contributed by atoms with Crippen molar-refractivity contribution >= 4 is 16.9 Å². The molecule has 0 unspecified atom stereocenters. The minimum Gasteiger partial charge on any atom is -0.508 e. The van der Waals surface area contributed by atoms with E-state index in [2.05, 4.69) is 0 Å². The van der Waals surface area contributed by atoms with Crippen LogP contribution in [0.3, 0.4) is 0 Å². The fraction of sp³-hybridized carbons (Fsp3) is 0.0909. The van der Waals surface area contributed by atoms with Crippen molar-refractivity contribution in [3.05, 3.63) is 75.9 Å². The molecule has 2 aliphatic rings. The van der Waals surface area contributed by atoms with Gasteiger partial charge in [-0.3, -0.25) is 4.79 Å². The Kier molecular flexibility index (Phi) is 3.92. The number of phenols is 1. The molecule has 5 nitrogen and oxygen atoms in total. The van der Waals surface area contributed by atoms with Gasteiger partial charge in [0, 0.05) is 28.6 Å². The van der Waals surface area contributed by atoms with Crippen molar-refractivity contribution in [2.75, 3.05) is 7.11 Å². The third kappa shape index (κ3) is 2.83. The summed E-state index contributed by atoms with van der Waals surface area (Å²) in [7, 11) is 1.35. The predicted octanol–water partition coefficient (Wildman–Crippen LogP) is 4.37. The molecular formula is C22H16O5. The Morgan fingerprint density at radius 1 is 1.00 bits per heavy atom. The van der Waals surface area contributed by atoms with Crippen molar-refractivity contribution < 1.29 is 19.1 Å². The summed E-state index contributed by atoms with van der Waals surface area (Å²) in [5.41, 5.74) is 4.21. The Balaban J connectivity index is 2.08. The number of benzene rings is 3. The van der Waals surface area contributed by atoms with Gasteiger partial charge in [0.25, 0.3) is 0 Å². The van der Waals surface area contributed by atoms with Crippen molar-refractivity contribution in [3.63, 3.8) is 0 Å². The Morgan fingerprint density at radius 2 is 1.78 bits per heavy atom. The lowest BCUT2D eigenvalue weighted by Crippen LogP contribution is -2.03. The third-order valence-corrected chi connectivity index (χ3v) is 4.59. The van der Waals surface area contributed by atoms with Crippen molar-refractivity contribution in [2.45, 2.75) is 6.92 Å². The van der Waals surface area contributed by atoms with E-state index >= 15 is 0 Å². The molecule has 0 fully saturated rings. The molecule has 134 valence electrons. The van der Waals surface area contributed by atoms with Crippen molar-refractivity contribution in [3.8, 4) is 28.2 Å². The van der Waals surface area contributed by atoms with Crippen LogP contribution >= 0.6 is 0 Å². The van der Waals surface area contributed by atoms with Gasteiger partial charge in [-0.15, -0.1) is 0 Å². The van der Waals surface area contributed by atoms with Crippen LogP contribution in [0.5, 0.6) is 5.75 Å². The molecule has 0 saturated carbocycles. The van der Waals surface area contributed by atoms with E-state index < -0.39 is 5.97 Å². The van der Waals surface area contributed by atoms with Gasteiger partial charge in [-0.05, 0) is 54.4 Å².